The van der Waals surface area contributed by atoms with Crippen LogP contribution in [-0.2, 0) is 6.18 Å². The fraction of sp³-hybridized carbons (Fsp3) is 0.190. The standard InChI is InChI=1S/C21H17F3N6OS/c1-11-8-9-14(10-12(11)2)19(31)26-20-25-18(28-32-20)17-13(3)30(29-27-17)16-7-5-4-6-15(16)21(22,23)24/h4-10H,1-3H3,(H,25,26,28,31). The SMILES string of the molecule is Cc1ccc(C(=O)Nc2nc(-c3nnn(-c4ccccc4C(F)(F)F)c3C)ns2)cc1C. The third-order valence-corrected chi connectivity index (χ3v) is 5.59. The number of para-hydroxylation sites is 1. The highest BCUT2D eigenvalue weighted by Crippen LogP contribution is 2.34. The van der Waals surface area contributed by atoms with Gasteiger partial charge in [-0.15, -0.1) is 5.10 Å². The lowest BCUT2D eigenvalue weighted by atomic mass is 10.1. The number of nitrogens with zero attached hydrogens (tertiary/aromatic N) is 5. The molecular weight excluding hydrogens is 441 g/mol. The molecule has 2 heterocycles. The van der Waals surface area contributed by atoms with Gasteiger partial charge in [-0.05, 0) is 56.2 Å². The number of alkyl halides is 3. The van der Waals surface area contributed by atoms with Crippen LogP contribution in [0.15, 0.2) is 42.5 Å². The summed E-state index contributed by atoms with van der Waals surface area (Å²) in [6, 6.07) is 10.5. The van der Waals surface area contributed by atoms with E-state index in [-0.39, 0.29) is 28.2 Å². The van der Waals surface area contributed by atoms with Gasteiger partial charge in [0.2, 0.25) is 5.13 Å². The van der Waals surface area contributed by atoms with Crippen molar-refractivity contribution >= 4 is 22.6 Å². The van der Waals surface area contributed by atoms with Crippen LogP contribution in [0.5, 0.6) is 0 Å². The average Bonchev–Trinajstić information content (AvgIpc) is 3.35. The minimum atomic E-state index is -4.54. The number of rotatable bonds is 4. The average molecular weight is 458 g/mol. The number of hydrogen-bond acceptors (Lipinski definition) is 6. The molecule has 0 fully saturated rings. The maximum atomic E-state index is 13.4. The molecule has 0 atom stereocenters. The predicted octanol–water partition coefficient (Wildman–Crippen LogP) is 4.98. The van der Waals surface area contributed by atoms with Crippen LogP contribution in [0.3, 0.4) is 0 Å². The number of carbonyl (C=O) groups is 1. The van der Waals surface area contributed by atoms with Crippen molar-refractivity contribution in [3.05, 3.63) is 70.4 Å². The fourth-order valence-electron chi connectivity index (χ4n) is 3.09. The van der Waals surface area contributed by atoms with Gasteiger partial charge in [-0.1, -0.05) is 23.4 Å². The Morgan fingerprint density at radius 1 is 1.06 bits per heavy atom. The maximum absolute atomic E-state index is 13.4. The van der Waals surface area contributed by atoms with E-state index < -0.39 is 11.7 Å². The summed E-state index contributed by atoms with van der Waals surface area (Å²) in [7, 11) is 0. The van der Waals surface area contributed by atoms with Crippen molar-refractivity contribution in [1.29, 1.82) is 0 Å². The number of anilines is 1. The predicted molar refractivity (Wildman–Crippen MR) is 114 cm³/mol. The molecule has 4 rings (SSSR count). The van der Waals surface area contributed by atoms with E-state index in [9.17, 15) is 18.0 Å². The molecular formula is C21H17F3N6OS. The zero-order chi connectivity index (χ0) is 23.0. The summed E-state index contributed by atoms with van der Waals surface area (Å²) in [4.78, 5) is 16.8. The third kappa shape index (κ3) is 4.11. The van der Waals surface area contributed by atoms with E-state index in [1.165, 1.54) is 18.2 Å². The highest BCUT2D eigenvalue weighted by Gasteiger charge is 2.34. The maximum Gasteiger partial charge on any atom is 0.418 e. The number of hydrogen-bond donors (Lipinski definition) is 1. The summed E-state index contributed by atoms with van der Waals surface area (Å²) >= 11 is 0.946. The van der Waals surface area contributed by atoms with E-state index in [1.54, 1.807) is 19.1 Å². The van der Waals surface area contributed by atoms with Gasteiger partial charge >= 0.3 is 6.18 Å². The van der Waals surface area contributed by atoms with Crippen molar-refractivity contribution in [2.24, 2.45) is 0 Å². The van der Waals surface area contributed by atoms with Gasteiger partial charge in [0.05, 0.1) is 16.9 Å². The molecule has 1 amide bonds. The molecule has 0 radical (unpaired) electrons. The second kappa shape index (κ2) is 8.15. The van der Waals surface area contributed by atoms with Gasteiger partial charge in [-0.2, -0.15) is 22.5 Å². The van der Waals surface area contributed by atoms with Crippen molar-refractivity contribution in [3.63, 3.8) is 0 Å². The summed E-state index contributed by atoms with van der Waals surface area (Å²) in [5, 5.41) is 10.8. The molecule has 2 aromatic heterocycles. The van der Waals surface area contributed by atoms with Gasteiger partial charge in [-0.25, -0.2) is 4.68 Å². The number of aryl methyl sites for hydroxylation is 2. The Bertz CT molecular complexity index is 1310. The summed E-state index contributed by atoms with van der Waals surface area (Å²) in [5.74, 6) is -0.172. The Morgan fingerprint density at radius 2 is 1.81 bits per heavy atom. The van der Waals surface area contributed by atoms with Crippen molar-refractivity contribution < 1.29 is 18.0 Å². The molecule has 0 saturated heterocycles. The number of amides is 1. The topological polar surface area (TPSA) is 85.6 Å². The molecule has 1 N–H and O–H groups in total. The van der Waals surface area contributed by atoms with Gasteiger partial charge in [0.15, 0.2) is 11.5 Å². The van der Waals surface area contributed by atoms with Crippen molar-refractivity contribution in [2.75, 3.05) is 5.32 Å². The molecule has 0 aliphatic rings. The second-order valence-electron chi connectivity index (χ2n) is 7.13. The van der Waals surface area contributed by atoms with E-state index in [0.717, 1.165) is 33.4 Å². The smallest absolute Gasteiger partial charge is 0.297 e. The molecule has 164 valence electrons. The summed E-state index contributed by atoms with van der Waals surface area (Å²) in [6.07, 6.45) is -4.54. The molecule has 0 bridgehead atoms. The van der Waals surface area contributed by atoms with Crippen LogP contribution in [0.4, 0.5) is 18.3 Å². The zero-order valence-electron chi connectivity index (χ0n) is 17.2. The van der Waals surface area contributed by atoms with Crippen molar-refractivity contribution in [2.45, 2.75) is 26.9 Å². The lowest BCUT2D eigenvalue weighted by molar-refractivity contribution is -0.137. The molecule has 7 nitrogen and oxygen atoms in total. The molecule has 11 heteroatoms. The van der Waals surface area contributed by atoms with Crippen molar-refractivity contribution in [1.82, 2.24) is 24.4 Å². The van der Waals surface area contributed by atoms with Gasteiger partial charge in [0.1, 0.15) is 0 Å². The molecule has 2 aromatic carbocycles. The Hall–Kier alpha value is -3.60. The number of aromatic nitrogens is 5. The molecule has 32 heavy (non-hydrogen) atoms. The van der Waals surface area contributed by atoms with Crippen molar-refractivity contribution in [3.8, 4) is 17.2 Å². The molecule has 0 saturated carbocycles. The summed E-state index contributed by atoms with van der Waals surface area (Å²) in [5.41, 5.74) is 2.14. The first-order valence-corrected chi connectivity index (χ1v) is 10.2. The van der Waals surface area contributed by atoms with Gasteiger partial charge < -0.3 is 0 Å². The Morgan fingerprint density at radius 3 is 2.53 bits per heavy atom. The van der Waals surface area contributed by atoms with E-state index >= 15 is 0 Å². The number of carbonyl (C=O) groups excluding carboxylic acids is 1. The van der Waals surface area contributed by atoms with E-state index in [1.807, 2.05) is 19.9 Å². The Labute approximate surface area is 185 Å². The van der Waals surface area contributed by atoms with Crippen LogP contribution < -0.4 is 5.32 Å². The van der Waals surface area contributed by atoms with Crippen LogP contribution in [0.1, 0.15) is 32.7 Å². The quantitative estimate of drug-likeness (QED) is 0.466. The first kappa shape index (κ1) is 21.6. The molecule has 0 unspecified atom stereocenters. The van der Waals surface area contributed by atoms with Crippen LogP contribution in [-0.4, -0.2) is 30.3 Å². The minimum absolute atomic E-state index is 0.144. The van der Waals surface area contributed by atoms with Gasteiger partial charge in [0, 0.05) is 17.1 Å². The molecule has 0 spiro atoms. The first-order chi connectivity index (χ1) is 15.1. The van der Waals surface area contributed by atoms with Crippen LogP contribution >= 0.6 is 11.5 Å². The number of halogens is 3. The second-order valence-corrected chi connectivity index (χ2v) is 7.88. The van der Waals surface area contributed by atoms with E-state index in [0.29, 0.717) is 11.3 Å². The Balaban J connectivity index is 1.60. The highest BCUT2D eigenvalue weighted by atomic mass is 32.1. The Kier molecular flexibility index (Phi) is 5.51. The van der Waals surface area contributed by atoms with Gasteiger partial charge in [0.25, 0.3) is 5.91 Å². The van der Waals surface area contributed by atoms with Crippen LogP contribution in [0, 0.1) is 20.8 Å². The lowest BCUT2D eigenvalue weighted by Gasteiger charge is -2.12. The largest absolute Gasteiger partial charge is 0.418 e. The van der Waals surface area contributed by atoms with Gasteiger partial charge in [-0.3, -0.25) is 10.1 Å². The summed E-state index contributed by atoms with van der Waals surface area (Å²) in [6.45, 7) is 5.45. The van der Waals surface area contributed by atoms with E-state index in [4.69, 9.17) is 0 Å². The third-order valence-electron chi connectivity index (χ3n) is 4.96. The molecule has 0 aliphatic carbocycles. The number of nitrogens with one attached hydrogen (secondary N) is 1. The van der Waals surface area contributed by atoms with Crippen LogP contribution in [0.25, 0.3) is 17.2 Å². The lowest BCUT2D eigenvalue weighted by Crippen LogP contribution is -2.12. The van der Waals surface area contributed by atoms with E-state index in [2.05, 4.69) is 25.0 Å². The van der Waals surface area contributed by atoms with Crippen LogP contribution in [0.2, 0.25) is 0 Å². The first-order valence-electron chi connectivity index (χ1n) is 9.46. The normalized spacial score (nSPS) is 11.6. The highest BCUT2D eigenvalue weighted by molar-refractivity contribution is 7.10. The monoisotopic (exact) mass is 458 g/mol. The fourth-order valence-corrected chi connectivity index (χ4v) is 3.65. The number of benzene rings is 2. The molecule has 0 aliphatic heterocycles. The molecule has 4 aromatic rings. The zero-order valence-corrected chi connectivity index (χ0v) is 18.0. The summed E-state index contributed by atoms with van der Waals surface area (Å²) < 4.78 is 45.4. The minimum Gasteiger partial charge on any atom is -0.297 e.